The van der Waals surface area contributed by atoms with Crippen LogP contribution in [0, 0.1) is 34.6 Å². The van der Waals surface area contributed by atoms with Gasteiger partial charge in [-0.15, -0.1) is 0 Å². The highest BCUT2D eigenvalue weighted by Gasteiger charge is 2.30. The summed E-state index contributed by atoms with van der Waals surface area (Å²) in [6.45, 7) is 9.03. The molecule has 1 unspecified atom stereocenters. The average molecular weight is 444 g/mol. The first-order chi connectivity index (χ1) is 14.4. The van der Waals surface area contributed by atoms with Crippen LogP contribution in [-0.2, 0) is 21.2 Å². The number of H-pyrrole nitrogens is 1. The van der Waals surface area contributed by atoms with Crippen LogP contribution in [0.15, 0.2) is 34.0 Å². The van der Waals surface area contributed by atoms with Crippen molar-refractivity contribution in [2.45, 2.75) is 52.0 Å². The third-order valence-corrected chi connectivity index (χ3v) is 7.60. The van der Waals surface area contributed by atoms with Crippen molar-refractivity contribution in [2.75, 3.05) is 0 Å². The normalized spacial score (nSPS) is 12.8. The van der Waals surface area contributed by atoms with Crippen LogP contribution in [0.2, 0.25) is 0 Å². The van der Waals surface area contributed by atoms with Crippen molar-refractivity contribution in [1.82, 2.24) is 14.7 Å². The quantitative estimate of drug-likeness (QED) is 0.537. The van der Waals surface area contributed by atoms with Crippen molar-refractivity contribution in [2.24, 2.45) is 0 Å². The van der Waals surface area contributed by atoms with Gasteiger partial charge in [-0.05, 0) is 74.6 Å². The number of carboxylic acids is 1. The molecule has 0 bridgehead atoms. The molecule has 0 aliphatic heterocycles. The maximum Gasteiger partial charge on any atom is 0.322 e. The van der Waals surface area contributed by atoms with Gasteiger partial charge in [0.05, 0.1) is 15.8 Å². The zero-order chi connectivity index (χ0) is 23.1. The molecule has 1 aromatic heterocycles. The van der Waals surface area contributed by atoms with Gasteiger partial charge in [0.25, 0.3) is 5.56 Å². The molecule has 1 atom stereocenters. The van der Waals surface area contributed by atoms with E-state index in [1.54, 1.807) is 38.1 Å². The van der Waals surface area contributed by atoms with Crippen LogP contribution in [0.1, 0.15) is 33.6 Å². The summed E-state index contributed by atoms with van der Waals surface area (Å²) in [5, 5.41) is 10.0. The Balaban J connectivity index is 2.01. The molecule has 8 nitrogen and oxygen atoms in total. The standard InChI is InChI=1S/C22H25N3O5S/c1-11-12(2)14(4)20(15(5)13(11)3)31(29,30)25-18(22(27)28)10-19-23-17-9-7-6-8-16(17)21(26)24-19/h6-9,18,25H,10H2,1-5H3,(H,27,28)(H,23,24,26). The van der Waals surface area contributed by atoms with Gasteiger partial charge in [0.1, 0.15) is 11.9 Å². The highest BCUT2D eigenvalue weighted by atomic mass is 32.2. The summed E-state index contributed by atoms with van der Waals surface area (Å²) in [6, 6.07) is 5.15. The molecule has 3 rings (SSSR count). The number of aromatic nitrogens is 2. The number of sulfonamides is 1. The zero-order valence-electron chi connectivity index (χ0n) is 18.0. The smallest absolute Gasteiger partial charge is 0.322 e. The summed E-state index contributed by atoms with van der Waals surface area (Å²) in [4.78, 5) is 31.1. The highest BCUT2D eigenvalue weighted by Crippen LogP contribution is 2.29. The van der Waals surface area contributed by atoms with Gasteiger partial charge >= 0.3 is 5.97 Å². The molecule has 3 aromatic rings. The van der Waals surface area contributed by atoms with E-state index in [0.29, 0.717) is 22.0 Å². The Bertz CT molecular complexity index is 1330. The van der Waals surface area contributed by atoms with E-state index in [1.807, 2.05) is 20.8 Å². The van der Waals surface area contributed by atoms with E-state index in [9.17, 15) is 23.1 Å². The van der Waals surface area contributed by atoms with E-state index in [4.69, 9.17) is 0 Å². The van der Waals surface area contributed by atoms with Crippen LogP contribution in [0.5, 0.6) is 0 Å². The van der Waals surface area contributed by atoms with Crippen LogP contribution in [0.4, 0.5) is 0 Å². The lowest BCUT2D eigenvalue weighted by Crippen LogP contribution is -2.43. The number of aliphatic carboxylic acids is 1. The summed E-state index contributed by atoms with van der Waals surface area (Å²) in [6.07, 6.45) is -0.309. The number of fused-ring (bicyclic) bond motifs is 1. The van der Waals surface area contributed by atoms with E-state index < -0.39 is 27.6 Å². The van der Waals surface area contributed by atoms with Crippen LogP contribution < -0.4 is 10.3 Å². The predicted octanol–water partition coefficient (Wildman–Crippen LogP) is 2.44. The van der Waals surface area contributed by atoms with E-state index in [2.05, 4.69) is 14.7 Å². The Kier molecular flexibility index (Phi) is 6.02. The van der Waals surface area contributed by atoms with Crippen molar-refractivity contribution >= 4 is 26.9 Å². The Morgan fingerprint density at radius 1 is 1.03 bits per heavy atom. The third kappa shape index (κ3) is 4.24. The molecule has 0 aliphatic rings. The summed E-state index contributed by atoms with van der Waals surface area (Å²) in [5.41, 5.74) is 3.84. The van der Waals surface area contributed by atoms with Gasteiger partial charge in [-0.2, -0.15) is 4.72 Å². The molecule has 0 spiro atoms. The Morgan fingerprint density at radius 3 is 2.16 bits per heavy atom. The molecule has 1 heterocycles. The zero-order valence-corrected chi connectivity index (χ0v) is 18.8. The number of benzene rings is 2. The first kappa shape index (κ1) is 22.6. The molecule has 0 amide bonds. The minimum absolute atomic E-state index is 0.0827. The van der Waals surface area contributed by atoms with Crippen molar-refractivity contribution in [3.05, 3.63) is 68.3 Å². The van der Waals surface area contributed by atoms with Crippen molar-refractivity contribution in [3.8, 4) is 0 Å². The lowest BCUT2D eigenvalue weighted by molar-refractivity contribution is -0.139. The van der Waals surface area contributed by atoms with Crippen molar-refractivity contribution in [3.63, 3.8) is 0 Å². The molecule has 0 fully saturated rings. The molecule has 164 valence electrons. The van der Waals surface area contributed by atoms with Gasteiger partial charge in [-0.25, -0.2) is 13.4 Å². The van der Waals surface area contributed by atoms with E-state index in [1.165, 1.54) is 0 Å². The number of hydrogen-bond donors (Lipinski definition) is 3. The third-order valence-electron chi connectivity index (χ3n) is 5.85. The van der Waals surface area contributed by atoms with E-state index >= 15 is 0 Å². The van der Waals surface area contributed by atoms with E-state index in [0.717, 1.165) is 16.7 Å². The highest BCUT2D eigenvalue weighted by molar-refractivity contribution is 7.89. The summed E-state index contributed by atoms with van der Waals surface area (Å²) in [5.74, 6) is -1.28. The topological polar surface area (TPSA) is 129 Å². The van der Waals surface area contributed by atoms with Crippen LogP contribution in [-0.4, -0.2) is 35.5 Å². The number of rotatable bonds is 6. The molecule has 2 aromatic carbocycles. The Hall–Kier alpha value is -3.04. The van der Waals surface area contributed by atoms with Crippen molar-refractivity contribution in [1.29, 1.82) is 0 Å². The van der Waals surface area contributed by atoms with Gasteiger partial charge in [0.15, 0.2) is 0 Å². The largest absolute Gasteiger partial charge is 0.480 e. The molecule has 0 saturated carbocycles. The molecule has 0 aliphatic carbocycles. The van der Waals surface area contributed by atoms with E-state index in [-0.39, 0.29) is 17.1 Å². The lowest BCUT2D eigenvalue weighted by atomic mass is 9.95. The Morgan fingerprint density at radius 2 is 1.58 bits per heavy atom. The van der Waals surface area contributed by atoms with Crippen molar-refractivity contribution < 1.29 is 18.3 Å². The van der Waals surface area contributed by atoms with Gasteiger partial charge < -0.3 is 10.1 Å². The minimum Gasteiger partial charge on any atom is -0.480 e. The van der Waals surface area contributed by atoms with Crippen LogP contribution in [0.3, 0.4) is 0 Å². The fourth-order valence-corrected chi connectivity index (χ4v) is 5.51. The number of para-hydroxylation sites is 1. The second kappa shape index (κ2) is 8.24. The lowest BCUT2D eigenvalue weighted by Gasteiger charge is -2.21. The summed E-state index contributed by atoms with van der Waals surface area (Å²) < 4.78 is 28.7. The average Bonchev–Trinajstić information content (AvgIpc) is 2.70. The molecule has 31 heavy (non-hydrogen) atoms. The monoisotopic (exact) mass is 443 g/mol. The van der Waals surface area contributed by atoms with Gasteiger partial charge in [-0.1, -0.05) is 12.1 Å². The molecule has 0 radical (unpaired) electrons. The number of nitrogens with zero attached hydrogens (tertiary/aromatic N) is 1. The number of aromatic amines is 1. The van der Waals surface area contributed by atoms with Gasteiger partial charge in [-0.3, -0.25) is 9.59 Å². The summed E-state index contributed by atoms with van der Waals surface area (Å²) in [7, 11) is -4.15. The molecule has 0 saturated heterocycles. The van der Waals surface area contributed by atoms with Gasteiger partial charge in [0, 0.05) is 6.42 Å². The number of hydrogen-bond acceptors (Lipinski definition) is 5. The first-order valence-corrected chi connectivity index (χ1v) is 11.2. The molecular weight excluding hydrogens is 418 g/mol. The first-order valence-electron chi connectivity index (χ1n) is 9.74. The molecular formula is C22H25N3O5S. The van der Waals surface area contributed by atoms with Crippen LogP contribution in [0.25, 0.3) is 10.9 Å². The Labute approximate surface area is 180 Å². The number of carbonyl (C=O) groups is 1. The second-order valence-corrected chi connectivity index (χ2v) is 9.35. The minimum atomic E-state index is -4.15. The number of carboxylic acid groups (broad SMARTS) is 1. The molecule has 9 heteroatoms. The fraction of sp³-hybridized carbons (Fsp3) is 0.318. The predicted molar refractivity (Wildman–Crippen MR) is 118 cm³/mol. The fourth-order valence-electron chi connectivity index (χ4n) is 3.72. The number of nitrogens with one attached hydrogen (secondary N) is 2. The van der Waals surface area contributed by atoms with Crippen LogP contribution >= 0.6 is 0 Å². The molecule has 3 N–H and O–H groups in total. The summed E-state index contributed by atoms with van der Waals surface area (Å²) >= 11 is 0. The second-order valence-electron chi connectivity index (χ2n) is 7.70. The maximum atomic E-state index is 13.2. The SMILES string of the molecule is Cc1c(C)c(C)c(S(=O)(=O)NC(Cc2nc3ccccc3c(=O)[nH]2)C(=O)O)c(C)c1C. The van der Waals surface area contributed by atoms with Gasteiger partial charge in [0.2, 0.25) is 10.0 Å². The maximum absolute atomic E-state index is 13.2.